The second-order valence-corrected chi connectivity index (χ2v) is 6.05. The van der Waals surface area contributed by atoms with Crippen LogP contribution in [0.2, 0.25) is 0 Å². The van der Waals surface area contributed by atoms with E-state index in [2.05, 4.69) is 0 Å². The van der Waals surface area contributed by atoms with E-state index in [1.54, 1.807) is 42.5 Å². The predicted molar refractivity (Wildman–Crippen MR) is 98.6 cm³/mol. The molecule has 0 radical (unpaired) electrons. The van der Waals surface area contributed by atoms with E-state index in [4.69, 9.17) is 5.73 Å². The van der Waals surface area contributed by atoms with E-state index in [1.165, 1.54) is 0 Å². The molecule has 0 aromatic heterocycles. The smallest absolute Gasteiger partial charge is 0.249 e. The van der Waals surface area contributed by atoms with Crippen molar-refractivity contribution in [2.75, 3.05) is 0 Å². The molecule has 4 N–H and O–H groups in total. The van der Waals surface area contributed by atoms with Gasteiger partial charge in [0, 0.05) is 5.56 Å². The molecular weight excluding hydrogens is 314 g/mol. The Bertz CT molecular complexity index is 942. The summed E-state index contributed by atoms with van der Waals surface area (Å²) in [7, 11) is 0. The van der Waals surface area contributed by atoms with Crippen LogP contribution in [0.4, 0.5) is 0 Å². The van der Waals surface area contributed by atoms with Crippen molar-refractivity contribution in [2.45, 2.75) is 13.8 Å². The maximum absolute atomic E-state index is 12.1. The van der Waals surface area contributed by atoms with Gasteiger partial charge in [-0.25, -0.2) is 0 Å². The van der Waals surface area contributed by atoms with Crippen LogP contribution < -0.4 is 5.73 Å². The first kappa shape index (κ1) is 16.6. The van der Waals surface area contributed by atoms with Crippen LogP contribution in [0, 0.1) is 13.8 Å². The Morgan fingerprint density at radius 2 is 1.28 bits per heavy atom. The molecule has 3 rings (SSSR count). The number of hydrogen-bond acceptors (Lipinski definition) is 3. The first-order valence-electron chi connectivity index (χ1n) is 7.91. The molecule has 0 saturated carbocycles. The van der Waals surface area contributed by atoms with Crippen molar-refractivity contribution in [1.29, 1.82) is 0 Å². The molecule has 4 nitrogen and oxygen atoms in total. The quantitative estimate of drug-likeness (QED) is 0.673. The van der Waals surface area contributed by atoms with Gasteiger partial charge in [-0.3, -0.25) is 4.79 Å². The number of primary amides is 1. The number of nitrogens with two attached hydrogens (primary N) is 1. The molecule has 0 aliphatic heterocycles. The molecule has 0 unspecified atom stereocenters. The van der Waals surface area contributed by atoms with E-state index in [0.717, 1.165) is 33.4 Å². The van der Waals surface area contributed by atoms with Crippen molar-refractivity contribution in [3.63, 3.8) is 0 Å². The van der Waals surface area contributed by atoms with Gasteiger partial charge in [-0.15, -0.1) is 0 Å². The van der Waals surface area contributed by atoms with Crippen LogP contribution in [0.25, 0.3) is 22.3 Å². The summed E-state index contributed by atoms with van der Waals surface area (Å²) < 4.78 is 0. The van der Waals surface area contributed by atoms with Crippen LogP contribution in [0.5, 0.6) is 11.5 Å². The monoisotopic (exact) mass is 333 g/mol. The minimum atomic E-state index is -0.508. The number of hydrogen-bond donors (Lipinski definition) is 3. The standard InChI is InChI=1S/C21H19NO3/c1-12-13(2)20(15-5-9-17(24)10-6-15)19(21(22)25)11-18(12)14-3-7-16(23)8-4-14/h3-11,23-24H,1-2H3,(H2,22,25). The van der Waals surface area contributed by atoms with Gasteiger partial charge in [0.1, 0.15) is 11.5 Å². The summed E-state index contributed by atoms with van der Waals surface area (Å²) in [5, 5.41) is 19.0. The molecule has 3 aromatic rings. The number of aromatic hydroxyl groups is 2. The Morgan fingerprint density at radius 3 is 1.76 bits per heavy atom. The molecule has 1 amide bonds. The second-order valence-electron chi connectivity index (χ2n) is 6.05. The van der Waals surface area contributed by atoms with Crippen LogP contribution in [0.3, 0.4) is 0 Å². The van der Waals surface area contributed by atoms with Crippen molar-refractivity contribution in [2.24, 2.45) is 5.73 Å². The van der Waals surface area contributed by atoms with Crippen molar-refractivity contribution >= 4 is 5.91 Å². The Hall–Kier alpha value is -3.27. The Balaban J connectivity index is 2.27. The third-order valence-corrected chi connectivity index (χ3v) is 4.50. The van der Waals surface area contributed by atoms with Gasteiger partial charge in [0.25, 0.3) is 0 Å². The fourth-order valence-corrected chi connectivity index (χ4v) is 3.05. The molecule has 0 aliphatic carbocycles. The van der Waals surface area contributed by atoms with Crippen molar-refractivity contribution in [3.8, 4) is 33.8 Å². The molecule has 0 aliphatic rings. The molecule has 25 heavy (non-hydrogen) atoms. The van der Waals surface area contributed by atoms with Crippen molar-refractivity contribution < 1.29 is 15.0 Å². The predicted octanol–water partition coefficient (Wildman–Crippen LogP) is 4.15. The van der Waals surface area contributed by atoms with Crippen LogP contribution in [0.15, 0.2) is 54.6 Å². The maximum Gasteiger partial charge on any atom is 0.249 e. The van der Waals surface area contributed by atoms with Gasteiger partial charge in [-0.2, -0.15) is 0 Å². The van der Waals surface area contributed by atoms with Gasteiger partial charge in [-0.05, 0) is 77.6 Å². The Kier molecular flexibility index (Phi) is 4.19. The zero-order valence-electron chi connectivity index (χ0n) is 14.1. The summed E-state index contributed by atoms with van der Waals surface area (Å²) in [5.41, 5.74) is 11.4. The van der Waals surface area contributed by atoms with Crippen LogP contribution in [0.1, 0.15) is 21.5 Å². The second kappa shape index (κ2) is 6.32. The van der Waals surface area contributed by atoms with Crippen molar-refractivity contribution in [3.05, 3.63) is 71.3 Å². The van der Waals surface area contributed by atoms with Gasteiger partial charge in [-0.1, -0.05) is 24.3 Å². The zero-order chi connectivity index (χ0) is 18.1. The Morgan fingerprint density at radius 1 is 0.800 bits per heavy atom. The summed E-state index contributed by atoms with van der Waals surface area (Å²) in [4.78, 5) is 12.1. The molecular formula is C21H19NO3. The molecule has 126 valence electrons. The minimum absolute atomic E-state index is 0.166. The molecule has 3 aromatic carbocycles. The number of rotatable bonds is 3. The normalized spacial score (nSPS) is 10.6. The fourth-order valence-electron chi connectivity index (χ4n) is 3.05. The first-order valence-corrected chi connectivity index (χ1v) is 7.91. The largest absolute Gasteiger partial charge is 0.508 e. The average Bonchev–Trinajstić information content (AvgIpc) is 2.59. The third kappa shape index (κ3) is 3.06. The first-order chi connectivity index (χ1) is 11.9. The summed E-state index contributed by atoms with van der Waals surface area (Å²) in [6.07, 6.45) is 0. The highest BCUT2D eigenvalue weighted by Gasteiger charge is 2.18. The number of phenols is 2. The summed E-state index contributed by atoms with van der Waals surface area (Å²) in [6, 6.07) is 15.3. The van der Waals surface area contributed by atoms with Gasteiger partial charge in [0.15, 0.2) is 0 Å². The van der Waals surface area contributed by atoms with Gasteiger partial charge < -0.3 is 15.9 Å². The molecule has 0 saturated heterocycles. The zero-order valence-corrected chi connectivity index (χ0v) is 14.1. The number of carbonyl (C=O) groups excluding carboxylic acids is 1. The maximum atomic E-state index is 12.1. The van der Waals surface area contributed by atoms with E-state index < -0.39 is 5.91 Å². The highest BCUT2D eigenvalue weighted by molar-refractivity contribution is 6.02. The van der Waals surface area contributed by atoms with Crippen LogP contribution >= 0.6 is 0 Å². The van der Waals surface area contributed by atoms with Crippen LogP contribution in [-0.4, -0.2) is 16.1 Å². The molecule has 4 heteroatoms. The van der Waals surface area contributed by atoms with Crippen LogP contribution in [-0.2, 0) is 0 Å². The van der Waals surface area contributed by atoms with Crippen molar-refractivity contribution in [1.82, 2.24) is 0 Å². The third-order valence-electron chi connectivity index (χ3n) is 4.50. The van der Waals surface area contributed by atoms with Gasteiger partial charge in [0.05, 0.1) is 0 Å². The van der Waals surface area contributed by atoms with E-state index in [0.29, 0.717) is 5.56 Å². The van der Waals surface area contributed by atoms with E-state index in [9.17, 15) is 15.0 Å². The van der Waals surface area contributed by atoms with E-state index >= 15 is 0 Å². The van der Waals surface area contributed by atoms with E-state index in [-0.39, 0.29) is 11.5 Å². The Labute approximate surface area is 146 Å². The summed E-state index contributed by atoms with van der Waals surface area (Å²) in [6.45, 7) is 3.94. The number of benzene rings is 3. The minimum Gasteiger partial charge on any atom is -0.508 e. The van der Waals surface area contributed by atoms with E-state index in [1.807, 2.05) is 26.0 Å². The lowest BCUT2D eigenvalue weighted by Gasteiger charge is -2.18. The molecule has 0 bridgehead atoms. The highest BCUT2D eigenvalue weighted by Crippen LogP contribution is 2.36. The lowest BCUT2D eigenvalue weighted by atomic mass is 9.86. The number of phenolic OH excluding ortho intramolecular Hbond substituents is 2. The fraction of sp³-hybridized carbons (Fsp3) is 0.0952. The summed E-state index contributed by atoms with van der Waals surface area (Å²) in [5.74, 6) is -0.153. The molecule has 0 fully saturated rings. The highest BCUT2D eigenvalue weighted by atomic mass is 16.3. The number of amides is 1. The SMILES string of the molecule is Cc1c(-c2ccc(O)cc2)cc(C(N)=O)c(-c2ccc(O)cc2)c1C. The van der Waals surface area contributed by atoms with Gasteiger partial charge >= 0.3 is 0 Å². The molecule has 0 spiro atoms. The topological polar surface area (TPSA) is 83.5 Å². The van der Waals surface area contributed by atoms with Gasteiger partial charge in [0.2, 0.25) is 5.91 Å². The lowest BCUT2D eigenvalue weighted by Crippen LogP contribution is -2.14. The molecule has 0 atom stereocenters. The lowest BCUT2D eigenvalue weighted by molar-refractivity contribution is 0.100. The summed E-state index contributed by atoms with van der Waals surface area (Å²) >= 11 is 0. The molecule has 0 heterocycles. The number of carbonyl (C=O) groups is 1. The average molecular weight is 333 g/mol.